The molecule has 1 aromatic carbocycles. The maximum atomic E-state index is 13.2. The molecule has 1 aliphatic carbocycles. The summed E-state index contributed by atoms with van der Waals surface area (Å²) >= 11 is 0. The van der Waals surface area contributed by atoms with E-state index < -0.39 is 0 Å². The van der Waals surface area contributed by atoms with E-state index in [2.05, 4.69) is 31.2 Å². The second-order valence-electron chi connectivity index (χ2n) is 7.50. The molecule has 2 fully saturated rings. The van der Waals surface area contributed by atoms with Gasteiger partial charge in [0.05, 0.1) is 19.1 Å². The van der Waals surface area contributed by atoms with Crippen LogP contribution >= 0.6 is 0 Å². The van der Waals surface area contributed by atoms with Gasteiger partial charge in [0.25, 0.3) is 0 Å². The molecule has 1 saturated heterocycles. The molecule has 1 spiro atoms. The second kappa shape index (κ2) is 6.10. The molecule has 0 amide bonds. The SMILES string of the molecule is C[C@H](Cc1ccccc1)[N+]1([O-])CCC2(CCCCC2)CC1. The maximum Gasteiger partial charge on any atom is 0.0899 e. The molecule has 2 heteroatoms. The molecule has 3 rings (SSSR count). The number of rotatable bonds is 3. The Morgan fingerprint density at radius 2 is 1.62 bits per heavy atom. The van der Waals surface area contributed by atoms with Crippen LogP contribution in [0.1, 0.15) is 57.4 Å². The fourth-order valence-corrected chi connectivity index (χ4v) is 4.45. The van der Waals surface area contributed by atoms with Crippen LogP contribution in [0, 0.1) is 10.6 Å². The number of hydroxylamine groups is 3. The van der Waals surface area contributed by atoms with Gasteiger partial charge in [0, 0.05) is 19.3 Å². The summed E-state index contributed by atoms with van der Waals surface area (Å²) in [6.07, 6.45) is 10.2. The van der Waals surface area contributed by atoms with E-state index in [1.54, 1.807) is 0 Å². The Labute approximate surface area is 129 Å². The Balaban J connectivity index is 1.60. The van der Waals surface area contributed by atoms with Crippen molar-refractivity contribution in [1.29, 1.82) is 0 Å². The summed E-state index contributed by atoms with van der Waals surface area (Å²) in [7, 11) is 0. The van der Waals surface area contributed by atoms with E-state index in [0.29, 0.717) is 5.41 Å². The van der Waals surface area contributed by atoms with E-state index in [1.807, 2.05) is 6.07 Å². The number of hydrogen-bond acceptors (Lipinski definition) is 1. The number of quaternary nitrogens is 1. The number of nitrogens with zero attached hydrogens (tertiary/aromatic N) is 1. The number of likely N-dealkylation sites (tertiary alicyclic amines) is 1. The van der Waals surface area contributed by atoms with E-state index >= 15 is 0 Å². The van der Waals surface area contributed by atoms with Gasteiger partial charge in [-0.3, -0.25) is 0 Å². The van der Waals surface area contributed by atoms with Gasteiger partial charge in [-0.05, 0) is 30.7 Å². The van der Waals surface area contributed by atoms with Gasteiger partial charge in [0.1, 0.15) is 0 Å². The summed E-state index contributed by atoms with van der Waals surface area (Å²) in [5, 5.41) is 13.2. The monoisotopic (exact) mass is 287 g/mol. The molecule has 0 aromatic heterocycles. The molecule has 1 atom stereocenters. The molecule has 1 aromatic rings. The summed E-state index contributed by atoms with van der Waals surface area (Å²) in [4.78, 5) is 0. The summed E-state index contributed by atoms with van der Waals surface area (Å²) < 4.78 is 0.0383. The number of benzene rings is 1. The van der Waals surface area contributed by atoms with Gasteiger partial charge < -0.3 is 9.85 Å². The summed E-state index contributed by atoms with van der Waals surface area (Å²) in [5.74, 6) is 0. The molecule has 0 radical (unpaired) electrons. The Bertz CT molecular complexity index is 440. The minimum atomic E-state index is 0.0383. The number of piperidine rings is 1. The topological polar surface area (TPSA) is 23.1 Å². The summed E-state index contributed by atoms with van der Waals surface area (Å²) in [6.45, 7) is 3.83. The molecule has 1 heterocycles. The average molecular weight is 287 g/mol. The van der Waals surface area contributed by atoms with Crippen LogP contribution in [0.2, 0.25) is 0 Å². The Hall–Kier alpha value is -0.860. The van der Waals surface area contributed by atoms with Crippen molar-refractivity contribution in [2.24, 2.45) is 5.41 Å². The minimum Gasteiger partial charge on any atom is -0.633 e. The van der Waals surface area contributed by atoms with Crippen molar-refractivity contribution in [3.05, 3.63) is 41.1 Å². The first-order valence-corrected chi connectivity index (χ1v) is 8.74. The Morgan fingerprint density at radius 1 is 1.00 bits per heavy atom. The Kier molecular flexibility index (Phi) is 4.37. The predicted molar refractivity (Wildman–Crippen MR) is 87.7 cm³/mol. The average Bonchev–Trinajstić information content (AvgIpc) is 2.53. The molecular formula is C19H29NO. The molecule has 2 aliphatic rings. The van der Waals surface area contributed by atoms with Crippen molar-refractivity contribution in [3.8, 4) is 0 Å². The molecule has 2 nitrogen and oxygen atoms in total. The molecular weight excluding hydrogens is 258 g/mol. The predicted octanol–water partition coefficient (Wildman–Crippen LogP) is 4.68. The third-order valence-corrected chi connectivity index (χ3v) is 6.13. The highest BCUT2D eigenvalue weighted by molar-refractivity contribution is 5.15. The van der Waals surface area contributed by atoms with Crippen LogP contribution in [0.4, 0.5) is 0 Å². The molecule has 1 saturated carbocycles. The fourth-order valence-electron chi connectivity index (χ4n) is 4.45. The van der Waals surface area contributed by atoms with E-state index in [0.717, 1.165) is 32.4 Å². The molecule has 0 bridgehead atoms. The van der Waals surface area contributed by atoms with Gasteiger partial charge in [-0.1, -0.05) is 49.6 Å². The van der Waals surface area contributed by atoms with Crippen LogP contribution < -0.4 is 0 Å². The minimum absolute atomic E-state index is 0.0383. The second-order valence-corrected chi connectivity index (χ2v) is 7.50. The van der Waals surface area contributed by atoms with Crippen molar-refractivity contribution in [2.45, 2.75) is 64.3 Å². The van der Waals surface area contributed by atoms with Gasteiger partial charge in [-0.15, -0.1) is 0 Å². The lowest BCUT2D eigenvalue weighted by Gasteiger charge is -2.55. The lowest BCUT2D eigenvalue weighted by atomic mass is 9.68. The van der Waals surface area contributed by atoms with Crippen molar-refractivity contribution >= 4 is 0 Å². The normalized spacial score (nSPS) is 25.6. The van der Waals surface area contributed by atoms with Crippen LogP contribution in [0.3, 0.4) is 0 Å². The first kappa shape index (κ1) is 15.1. The third kappa shape index (κ3) is 3.32. The van der Waals surface area contributed by atoms with Crippen molar-refractivity contribution in [3.63, 3.8) is 0 Å². The highest BCUT2D eigenvalue weighted by atomic mass is 16.5. The van der Waals surface area contributed by atoms with Gasteiger partial charge >= 0.3 is 0 Å². The number of hydrogen-bond donors (Lipinski definition) is 0. The van der Waals surface area contributed by atoms with Gasteiger partial charge in [0.15, 0.2) is 0 Å². The van der Waals surface area contributed by atoms with Crippen LogP contribution in [-0.4, -0.2) is 23.8 Å². The maximum absolute atomic E-state index is 13.2. The van der Waals surface area contributed by atoms with Gasteiger partial charge in [-0.25, -0.2) is 0 Å². The van der Waals surface area contributed by atoms with Gasteiger partial charge in [0.2, 0.25) is 0 Å². The molecule has 116 valence electrons. The van der Waals surface area contributed by atoms with Crippen LogP contribution in [0.5, 0.6) is 0 Å². The molecule has 0 N–H and O–H groups in total. The standard InChI is InChI=1S/C19H29NO/c1-17(16-18-8-4-2-5-9-18)20(21)14-12-19(13-15-20)10-6-3-7-11-19/h2,4-5,8-9,17H,3,6-7,10-16H2,1H3/t17-/m1/s1. The lowest BCUT2D eigenvalue weighted by Crippen LogP contribution is -2.57. The van der Waals surface area contributed by atoms with Crippen molar-refractivity contribution in [1.82, 2.24) is 0 Å². The zero-order valence-corrected chi connectivity index (χ0v) is 13.4. The summed E-state index contributed by atoms with van der Waals surface area (Å²) in [6, 6.07) is 10.7. The third-order valence-electron chi connectivity index (χ3n) is 6.13. The van der Waals surface area contributed by atoms with Crippen LogP contribution in [0.25, 0.3) is 0 Å². The van der Waals surface area contributed by atoms with Crippen LogP contribution in [-0.2, 0) is 6.42 Å². The zero-order valence-electron chi connectivity index (χ0n) is 13.4. The van der Waals surface area contributed by atoms with E-state index in [-0.39, 0.29) is 10.7 Å². The molecule has 21 heavy (non-hydrogen) atoms. The van der Waals surface area contributed by atoms with E-state index in [9.17, 15) is 5.21 Å². The first-order valence-electron chi connectivity index (χ1n) is 8.74. The Morgan fingerprint density at radius 3 is 2.24 bits per heavy atom. The van der Waals surface area contributed by atoms with E-state index in [1.165, 1.54) is 37.7 Å². The van der Waals surface area contributed by atoms with Crippen LogP contribution in [0.15, 0.2) is 30.3 Å². The lowest BCUT2D eigenvalue weighted by molar-refractivity contribution is -0.910. The molecule has 0 unspecified atom stereocenters. The smallest absolute Gasteiger partial charge is 0.0899 e. The zero-order chi connectivity index (χ0) is 14.8. The highest BCUT2D eigenvalue weighted by Gasteiger charge is 2.41. The van der Waals surface area contributed by atoms with E-state index in [4.69, 9.17) is 0 Å². The largest absolute Gasteiger partial charge is 0.633 e. The van der Waals surface area contributed by atoms with Crippen molar-refractivity contribution < 1.29 is 4.65 Å². The first-order chi connectivity index (χ1) is 10.1. The quantitative estimate of drug-likeness (QED) is 0.585. The fraction of sp³-hybridized carbons (Fsp3) is 0.684. The highest BCUT2D eigenvalue weighted by Crippen LogP contribution is 2.46. The molecule has 1 aliphatic heterocycles. The van der Waals surface area contributed by atoms with Crippen molar-refractivity contribution in [2.75, 3.05) is 13.1 Å². The summed E-state index contributed by atoms with van der Waals surface area (Å²) in [5.41, 5.74) is 1.84. The van der Waals surface area contributed by atoms with Gasteiger partial charge in [-0.2, -0.15) is 0 Å².